The Morgan fingerprint density at radius 3 is 2.33 bits per heavy atom. The molecule has 0 aliphatic carbocycles. The number of anilines is 1. The van der Waals surface area contributed by atoms with Crippen LogP contribution in [0.15, 0.2) is 64.6 Å². The molecule has 1 fully saturated rings. The van der Waals surface area contributed by atoms with Gasteiger partial charge in [-0.1, -0.05) is 17.7 Å². The largest absolute Gasteiger partial charge is 0.507 e. The van der Waals surface area contributed by atoms with E-state index in [0.717, 1.165) is 6.42 Å². The zero-order chi connectivity index (χ0) is 25.7. The number of rotatable bonds is 4. The molecule has 186 valence electrons. The van der Waals surface area contributed by atoms with Crippen LogP contribution in [0.1, 0.15) is 6.42 Å². The summed E-state index contributed by atoms with van der Waals surface area (Å²) in [6.45, 7) is 1.20. The minimum Gasteiger partial charge on any atom is -0.507 e. The molecular formula is C26H25ClFN5O3. The van der Waals surface area contributed by atoms with Gasteiger partial charge >= 0.3 is 5.69 Å². The number of hydrogen-bond acceptors (Lipinski definition) is 5. The summed E-state index contributed by atoms with van der Waals surface area (Å²) in [5, 5.41) is 11.5. The fraction of sp³-hybridized carbons (Fsp3) is 0.231. The highest BCUT2D eigenvalue weighted by atomic mass is 35.5. The lowest BCUT2D eigenvalue weighted by atomic mass is 9.97. The zero-order valence-electron chi connectivity index (χ0n) is 19.8. The van der Waals surface area contributed by atoms with Gasteiger partial charge in [0.1, 0.15) is 17.3 Å². The van der Waals surface area contributed by atoms with Crippen LogP contribution >= 0.6 is 11.6 Å². The van der Waals surface area contributed by atoms with Crippen LogP contribution < -0.4 is 21.9 Å². The van der Waals surface area contributed by atoms with Crippen molar-refractivity contribution in [2.75, 3.05) is 18.0 Å². The van der Waals surface area contributed by atoms with E-state index >= 15 is 0 Å². The molecule has 5 rings (SSSR count). The number of aryl methyl sites for hydroxylation is 2. The standard InChI is InChI=1S/C26H25ClFN5O3/c1-30-7-8-33(26(30)36)22-4-3-15(9-21(22)27)19-11-17(28)12-20(24(19)34)16-10-23(25(35)31(2)13-16)32-6-5-18(29)14-32/h3-4,7-13,18,34H,5-6,14,29H2,1-2H3/t18-/m0/s1. The SMILES string of the molecule is Cn1cc(-c2cc(F)cc(-c3ccc(-n4ccn(C)c4=O)c(Cl)c3)c2O)cc(N2CC[C@H](N)C2)c1=O. The highest BCUT2D eigenvalue weighted by Gasteiger charge is 2.24. The van der Waals surface area contributed by atoms with Gasteiger partial charge in [-0.2, -0.15) is 0 Å². The second kappa shape index (κ2) is 9.00. The number of nitrogens with two attached hydrogens (primary N) is 1. The molecular weight excluding hydrogens is 485 g/mol. The van der Waals surface area contributed by atoms with E-state index in [2.05, 4.69) is 0 Å². The summed E-state index contributed by atoms with van der Waals surface area (Å²) in [5.74, 6) is -0.712. The fourth-order valence-electron chi connectivity index (χ4n) is 4.63. The Kier molecular flexibility index (Phi) is 5.97. The quantitative estimate of drug-likeness (QED) is 0.440. The van der Waals surface area contributed by atoms with Crippen molar-refractivity contribution in [2.45, 2.75) is 12.5 Å². The first kappa shape index (κ1) is 23.9. The molecule has 0 radical (unpaired) electrons. The van der Waals surface area contributed by atoms with Gasteiger partial charge in [-0.25, -0.2) is 9.18 Å². The van der Waals surface area contributed by atoms with Crippen molar-refractivity contribution in [3.63, 3.8) is 0 Å². The summed E-state index contributed by atoms with van der Waals surface area (Å²) >= 11 is 6.49. The Labute approximate surface area is 211 Å². The molecule has 3 heterocycles. The van der Waals surface area contributed by atoms with Gasteiger partial charge in [-0.15, -0.1) is 0 Å². The van der Waals surface area contributed by atoms with Crippen LogP contribution in [-0.2, 0) is 14.1 Å². The number of imidazole rings is 1. The van der Waals surface area contributed by atoms with Crippen LogP contribution in [-0.4, -0.2) is 37.9 Å². The van der Waals surface area contributed by atoms with Gasteiger partial charge < -0.3 is 24.9 Å². The van der Waals surface area contributed by atoms with E-state index in [1.807, 2.05) is 4.90 Å². The Morgan fingerprint density at radius 1 is 1.00 bits per heavy atom. The van der Waals surface area contributed by atoms with Crippen molar-refractivity contribution in [3.05, 3.63) is 86.7 Å². The molecule has 3 N–H and O–H groups in total. The number of aromatic hydroxyl groups is 1. The van der Waals surface area contributed by atoms with Crippen LogP contribution in [0, 0.1) is 5.82 Å². The molecule has 1 aliphatic heterocycles. The zero-order valence-corrected chi connectivity index (χ0v) is 20.5. The third-order valence-corrected chi connectivity index (χ3v) is 6.88. The Bertz CT molecular complexity index is 1610. The molecule has 1 atom stereocenters. The maximum atomic E-state index is 14.8. The average Bonchev–Trinajstić information content (AvgIpc) is 3.42. The third kappa shape index (κ3) is 4.10. The molecule has 10 heteroatoms. The lowest BCUT2D eigenvalue weighted by molar-refractivity contribution is 0.477. The summed E-state index contributed by atoms with van der Waals surface area (Å²) in [6.07, 6.45) is 5.56. The molecule has 4 aromatic rings. The first-order chi connectivity index (χ1) is 17.1. The Balaban J connectivity index is 1.60. The van der Waals surface area contributed by atoms with Crippen LogP contribution in [0.2, 0.25) is 5.02 Å². The van der Waals surface area contributed by atoms with Crippen LogP contribution in [0.3, 0.4) is 0 Å². The maximum absolute atomic E-state index is 14.8. The van der Waals surface area contributed by atoms with E-state index in [1.54, 1.807) is 57.0 Å². The van der Waals surface area contributed by atoms with Gasteiger partial charge in [0, 0.05) is 68.5 Å². The van der Waals surface area contributed by atoms with Gasteiger partial charge in [0.15, 0.2) is 0 Å². The summed E-state index contributed by atoms with van der Waals surface area (Å²) in [7, 11) is 3.25. The number of halogens is 2. The predicted octanol–water partition coefficient (Wildman–Crippen LogP) is 3.24. The third-order valence-electron chi connectivity index (χ3n) is 6.58. The first-order valence-corrected chi connectivity index (χ1v) is 11.8. The lowest BCUT2D eigenvalue weighted by Gasteiger charge is -2.20. The first-order valence-electron chi connectivity index (χ1n) is 11.4. The van der Waals surface area contributed by atoms with E-state index in [1.165, 1.54) is 25.8 Å². The molecule has 8 nitrogen and oxygen atoms in total. The van der Waals surface area contributed by atoms with E-state index in [-0.39, 0.29) is 39.2 Å². The summed E-state index contributed by atoms with van der Waals surface area (Å²) < 4.78 is 19.1. The van der Waals surface area contributed by atoms with Gasteiger partial charge in [0.05, 0.1) is 10.7 Å². The van der Waals surface area contributed by atoms with Crippen LogP contribution in [0.4, 0.5) is 10.1 Å². The highest BCUT2D eigenvalue weighted by molar-refractivity contribution is 6.32. The Morgan fingerprint density at radius 2 is 1.72 bits per heavy atom. The monoisotopic (exact) mass is 509 g/mol. The van der Waals surface area contributed by atoms with Crippen LogP contribution in [0.25, 0.3) is 27.9 Å². The van der Waals surface area contributed by atoms with Crippen molar-refractivity contribution >= 4 is 17.3 Å². The molecule has 0 bridgehead atoms. The molecule has 2 aromatic carbocycles. The van der Waals surface area contributed by atoms with E-state index < -0.39 is 5.82 Å². The number of hydrogen-bond donors (Lipinski definition) is 2. The maximum Gasteiger partial charge on any atom is 0.332 e. The van der Waals surface area contributed by atoms with E-state index in [4.69, 9.17) is 17.3 Å². The van der Waals surface area contributed by atoms with E-state index in [0.29, 0.717) is 35.6 Å². The van der Waals surface area contributed by atoms with Crippen molar-refractivity contribution in [1.29, 1.82) is 0 Å². The number of benzene rings is 2. The molecule has 1 aliphatic rings. The van der Waals surface area contributed by atoms with Gasteiger partial charge in [0.2, 0.25) is 0 Å². The number of phenolic OH excluding ortho intramolecular Hbond substituents is 1. The molecule has 2 aromatic heterocycles. The number of nitrogens with zero attached hydrogens (tertiary/aromatic N) is 4. The van der Waals surface area contributed by atoms with Crippen molar-refractivity contribution < 1.29 is 9.50 Å². The summed E-state index contributed by atoms with van der Waals surface area (Å²) in [5.41, 5.74) is 7.93. The van der Waals surface area contributed by atoms with E-state index in [9.17, 15) is 19.1 Å². The van der Waals surface area contributed by atoms with Gasteiger partial charge in [-0.3, -0.25) is 9.36 Å². The average molecular weight is 510 g/mol. The molecule has 0 amide bonds. The lowest BCUT2D eigenvalue weighted by Crippen LogP contribution is -2.32. The normalized spacial score (nSPS) is 15.6. The van der Waals surface area contributed by atoms with Gasteiger partial charge in [-0.05, 0) is 42.3 Å². The summed E-state index contributed by atoms with van der Waals surface area (Å²) in [6, 6.07) is 8.98. The van der Waals surface area contributed by atoms with Crippen molar-refractivity contribution in [3.8, 4) is 33.7 Å². The second-order valence-corrected chi connectivity index (χ2v) is 9.51. The second-order valence-electron chi connectivity index (χ2n) is 9.10. The summed E-state index contributed by atoms with van der Waals surface area (Å²) in [4.78, 5) is 27.0. The number of aromatic nitrogens is 3. The van der Waals surface area contributed by atoms with Gasteiger partial charge in [0.25, 0.3) is 5.56 Å². The predicted molar refractivity (Wildman–Crippen MR) is 139 cm³/mol. The fourth-order valence-corrected chi connectivity index (χ4v) is 4.90. The molecule has 0 unspecified atom stereocenters. The van der Waals surface area contributed by atoms with Crippen LogP contribution in [0.5, 0.6) is 5.75 Å². The number of phenols is 1. The molecule has 1 saturated heterocycles. The smallest absolute Gasteiger partial charge is 0.332 e. The molecule has 0 spiro atoms. The Hall–Kier alpha value is -3.82. The van der Waals surface area contributed by atoms with Crippen molar-refractivity contribution in [1.82, 2.24) is 13.7 Å². The molecule has 0 saturated carbocycles. The topological polar surface area (TPSA) is 98.4 Å². The minimum absolute atomic E-state index is 0.0213. The van der Waals surface area contributed by atoms with Crippen molar-refractivity contribution in [2.24, 2.45) is 19.8 Å². The highest BCUT2D eigenvalue weighted by Crippen LogP contribution is 2.40. The molecule has 36 heavy (non-hydrogen) atoms. The number of pyridine rings is 1. The minimum atomic E-state index is -0.559.